The van der Waals surface area contributed by atoms with Gasteiger partial charge in [-0.3, -0.25) is 14.8 Å². The second-order valence-corrected chi connectivity index (χ2v) is 7.28. The van der Waals surface area contributed by atoms with E-state index < -0.39 is 10.0 Å². The van der Waals surface area contributed by atoms with Crippen molar-refractivity contribution in [2.45, 2.75) is 12.1 Å². The van der Waals surface area contributed by atoms with Crippen LogP contribution in [0.3, 0.4) is 0 Å². The van der Waals surface area contributed by atoms with Gasteiger partial charge in [0.15, 0.2) is 0 Å². The van der Waals surface area contributed by atoms with Crippen LogP contribution in [0.5, 0.6) is 0 Å². The number of anilines is 2. The van der Waals surface area contributed by atoms with Crippen LogP contribution in [0, 0.1) is 0 Å². The molecule has 2 aromatic rings. The van der Waals surface area contributed by atoms with E-state index in [1.54, 1.807) is 0 Å². The van der Waals surface area contributed by atoms with E-state index in [9.17, 15) is 13.2 Å². The third-order valence-electron chi connectivity index (χ3n) is 2.42. The molecule has 1 aromatic heterocycles. The highest BCUT2D eigenvalue weighted by Gasteiger charge is 2.10. The molecule has 8 nitrogen and oxygen atoms in total. The van der Waals surface area contributed by atoms with Crippen LogP contribution >= 0.6 is 11.8 Å². The molecule has 22 heavy (non-hydrogen) atoms. The number of nitrogens with zero attached hydrogens (tertiary/aromatic N) is 2. The highest BCUT2D eigenvalue weighted by molar-refractivity contribution is 7.99. The third-order valence-corrected chi connectivity index (χ3v) is 3.76. The standard InChI is InChI=1S/C12H15N5O3S2/c1-3-21-12-14-11(15-16-12)13-10(18)8-4-6-9(7-5-8)17-22(2,19)20/h4-7,17H,3H2,1-2H3,(H2,13,14,15,16,18). The van der Waals surface area contributed by atoms with E-state index in [1.807, 2.05) is 6.92 Å². The van der Waals surface area contributed by atoms with E-state index >= 15 is 0 Å². The fraction of sp³-hybridized carbons (Fsp3) is 0.250. The molecule has 0 saturated carbocycles. The molecule has 0 aliphatic heterocycles. The molecular formula is C12H15N5O3S2. The Labute approximate surface area is 132 Å². The smallest absolute Gasteiger partial charge is 0.258 e. The van der Waals surface area contributed by atoms with Crippen LogP contribution in [0.2, 0.25) is 0 Å². The summed E-state index contributed by atoms with van der Waals surface area (Å²) in [6, 6.07) is 6.05. The number of sulfonamides is 1. The van der Waals surface area contributed by atoms with Gasteiger partial charge in [-0.25, -0.2) is 13.5 Å². The topological polar surface area (TPSA) is 117 Å². The summed E-state index contributed by atoms with van der Waals surface area (Å²) >= 11 is 1.46. The highest BCUT2D eigenvalue weighted by Crippen LogP contribution is 2.15. The zero-order valence-electron chi connectivity index (χ0n) is 12.0. The van der Waals surface area contributed by atoms with E-state index in [4.69, 9.17) is 0 Å². The maximum Gasteiger partial charge on any atom is 0.258 e. The Kier molecular flexibility index (Phi) is 5.03. The third kappa shape index (κ3) is 4.74. The Bertz CT molecular complexity index is 755. The summed E-state index contributed by atoms with van der Waals surface area (Å²) in [5.41, 5.74) is 0.764. The normalized spacial score (nSPS) is 11.2. The fourth-order valence-electron chi connectivity index (χ4n) is 1.58. The van der Waals surface area contributed by atoms with Crippen LogP contribution in [0.1, 0.15) is 17.3 Å². The average molecular weight is 341 g/mol. The molecule has 0 atom stereocenters. The predicted molar refractivity (Wildman–Crippen MR) is 85.6 cm³/mol. The molecule has 0 aliphatic rings. The molecule has 0 saturated heterocycles. The number of thioether (sulfide) groups is 1. The summed E-state index contributed by atoms with van der Waals surface area (Å²) in [6.45, 7) is 1.98. The lowest BCUT2D eigenvalue weighted by Crippen LogP contribution is -2.13. The van der Waals surface area contributed by atoms with E-state index in [0.29, 0.717) is 16.4 Å². The first kappa shape index (κ1) is 16.3. The van der Waals surface area contributed by atoms with Gasteiger partial charge in [0.05, 0.1) is 6.26 Å². The Morgan fingerprint density at radius 1 is 1.32 bits per heavy atom. The Balaban J connectivity index is 2.03. The molecule has 3 N–H and O–H groups in total. The van der Waals surface area contributed by atoms with Crippen molar-refractivity contribution in [1.29, 1.82) is 0 Å². The number of benzene rings is 1. The Morgan fingerprint density at radius 2 is 2.00 bits per heavy atom. The lowest BCUT2D eigenvalue weighted by molar-refractivity contribution is 0.102. The first-order chi connectivity index (χ1) is 10.4. The van der Waals surface area contributed by atoms with Crippen molar-refractivity contribution in [2.75, 3.05) is 22.0 Å². The van der Waals surface area contributed by atoms with E-state index in [0.717, 1.165) is 12.0 Å². The summed E-state index contributed by atoms with van der Waals surface area (Å²) in [6.07, 6.45) is 1.06. The number of carbonyl (C=O) groups excluding carboxylic acids is 1. The zero-order valence-corrected chi connectivity index (χ0v) is 13.6. The van der Waals surface area contributed by atoms with Gasteiger partial charge in [0.2, 0.25) is 21.1 Å². The van der Waals surface area contributed by atoms with E-state index in [-0.39, 0.29) is 11.9 Å². The number of H-pyrrole nitrogens is 1. The SMILES string of the molecule is CCSc1n[nH]c(NC(=O)c2ccc(NS(C)(=O)=O)cc2)n1. The number of aromatic amines is 1. The zero-order chi connectivity index (χ0) is 16.2. The number of nitrogens with one attached hydrogen (secondary N) is 3. The van der Waals surface area contributed by atoms with Crippen LogP contribution in [-0.2, 0) is 10.0 Å². The highest BCUT2D eigenvalue weighted by atomic mass is 32.2. The van der Waals surface area contributed by atoms with Crippen molar-refractivity contribution < 1.29 is 13.2 Å². The van der Waals surface area contributed by atoms with Crippen LogP contribution in [-0.4, -0.2) is 41.5 Å². The average Bonchev–Trinajstić information content (AvgIpc) is 2.85. The summed E-state index contributed by atoms with van der Waals surface area (Å²) in [7, 11) is -3.34. The van der Waals surface area contributed by atoms with Crippen molar-refractivity contribution in [3.05, 3.63) is 29.8 Å². The van der Waals surface area contributed by atoms with Crippen molar-refractivity contribution in [3.8, 4) is 0 Å². The van der Waals surface area contributed by atoms with E-state index in [2.05, 4.69) is 25.2 Å². The molecule has 118 valence electrons. The molecule has 1 aromatic carbocycles. The van der Waals surface area contributed by atoms with Gasteiger partial charge < -0.3 is 0 Å². The molecule has 1 heterocycles. The van der Waals surface area contributed by atoms with Crippen LogP contribution in [0.25, 0.3) is 0 Å². The molecule has 0 radical (unpaired) electrons. The first-order valence-corrected chi connectivity index (χ1v) is 9.19. The molecule has 0 unspecified atom stereocenters. The quantitative estimate of drug-likeness (QED) is 0.686. The van der Waals surface area contributed by atoms with Crippen LogP contribution < -0.4 is 10.0 Å². The van der Waals surface area contributed by atoms with Crippen LogP contribution in [0.15, 0.2) is 29.4 Å². The number of rotatable bonds is 6. The predicted octanol–water partition coefficient (Wildman–Crippen LogP) is 1.54. The molecular weight excluding hydrogens is 326 g/mol. The second-order valence-electron chi connectivity index (χ2n) is 4.31. The summed E-state index contributed by atoms with van der Waals surface area (Å²) < 4.78 is 24.5. The molecule has 0 aliphatic carbocycles. The summed E-state index contributed by atoms with van der Waals surface area (Å²) in [4.78, 5) is 16.1. The number of hydrogen-bond donors (Lipinski definition) is 3. The fourth-order valence-corrected chi connectivity index (χ4v) is 2.67. The minimum Gasteiger partial charge on any atom is -0.291 e. The van der Waals surface area contributed by atoms with E-state index in [1.165, 1.54) is 36.0 Å². The monoisotopic (exact) mass is 341 g/mol. The van der Waals surface area contributed by atoms with Gasteiger partial charge in [-0.15, -0.1) is 5.10 Å². The maximum atomic E-state index is 12.0. The van der Waals surface area contributed by atoms with Crippen molar-refractivity contribution in [3.63, 3.8) is 0 Å². The Morgan fingerprint density at radius 3 is 2.59 bits per heavy atom. The summed E-state index contributed by atoms with van der Waals surface area (Å²) in [5, 5.41) is 9.72. The molecule has 0 fully saturated rings. The van der Waals surface area contributed by atoms with Gasteiger partial charge >= 0.3 is 0 Å². The molecule has 1 amide bonds. The van der Waals surface area contributed by atoms with Crippen molar-refractivity contribution in [1.82, 2.24) is 15.2 Å². The van der Waals surface area contributed by atoms with Crippen molar-refractivity contribution in [2.24, 2.45) is 0 Å². The van der Waals surface area contributed by atoms with Gasteiger partial charge in [-0.2, -0.15) is 4.98 Å². The van der Waals surface area contributed by atoms with Crippen LogP contribution in [0.4, 0.5) is 11.6 Å². The Hall–Kier alpha value is -2.07. The number of hydrogen-bond acceptors (Lipinski definition) is 6. The molecule has 0 bridgehead atoms. The molecule has 10 heteroatoms. The minimum absolute atomic E-state index is 0.263. The summed E-state index contributed by atoms with van der Waals surface area (Å²) in [5.74, 6) is 0.731. The van der Waals surface area contributed by atoms with Gasteiger partial charge in [-0.1, -0.05) is 18.7 Å². The first-order valence-electron chi connectivity index (χ1n) is 6.32. The number of aromatic nitrogens is 3. The largest absolute Gasteiger partial charge is 0.291 e. The molecule has 0 spiro atoms. The lowest BCUT2D eigenvalue weighted by Gasteiger charge is -2.05. The van der Waals surface area contributed by atoms with Gasteiger partial charge in [0.1, 0.15) is 0 Å². The number of carbonyl (C=O) groups is 1. The van der Waals surface area contributed by atoms with Crippen molar-refractivity contribution >= 4 is 39.3 Å². The van der Waals surface area contributed by atoms with Gasteiger partial charge in [0, 0.05) is 11.3 Å². The maximum absolute atomic E-state index is 12.0. The lowest BCUT2D eigenvalue weighted by atomic mass is 10.2. The minimum atomic E-state index is -3.34. The number of amides is 1. The molecule has 2 rings (SSSR count). The van der Waals surface area contributed by atoms with Gasteiger partial charge in [-0.05, 0) is 30.0 Å². The second kappa shape index (κ2) is 6.79. The van der Waals surface area contributed by atoms with Gasteiger partial charge in [0.25, 0.3) is 5.91 Å².